The molecule has 1 N–H and O–H groups in total. The van der Waals surface area contributed by atoms with Crippen LogP contribution in [-0.2, 0) is 0 Å². The Kier molecular flexibility index (Phi) is 2.85. The largest absolute Gasteiger partial charge is 0.382 e. The second-order valence-corrected chi connectivity index (χ2v) is 4.71. The summed E-state index contributed by atoms with van der Waals surface area (Å²) in [5, 5.41) is 12.4. The fraction of sp³-hybridized carbons (Fsp3) is 0.188. The Morgan fingerprint density at radius 1 is 1.16 bits per heavy atom. The zero-order chi connectivity index (χ0) is 13.2. The standard InChI is InChI=1S/C16H15N3/c1-12-4-2-3-5-15(12)19-9-8-18-14-7-6-13(11-17)10-16(14)19/h2-7,10,18H,8-9H2,1H3. The van der Waals surface area contributed by atoms with Gasteiger partial charge in [-0.25, -0.2) is 0 Å². The molecule has 1 heterocycles. The van der Waals surface area contributed by atoms with Crippen LogP contribution >= 0.6 is 0 Å². The molecule has 2 aromatic carbocycles. The SMILES string of the molecule is Cc1ccccc1N1CCNc2ccc(C#N)cc21. The first-order chi connectivity index (χ1) is 9.29. The zero-order valence-corrected chi connectivity index (χ0v) is 10.9. The molecule has 0 atom stereocenters. The van der Waals surface area contributed by atoms with Gasteiger partial charge in [-0.2, -0.15) is 5.26 Å². The van der Waals surface area contributed by atoms with Gasteiger partial charge >= 0.3 is 0 Å². The molecule has 3 nitrogen and oxygen atoms in total. The summed E-state index contributed by atoms with van der Waals surface area (Å²) in [6, 6.07) is 16.3. The Morgan fingerprint density at radius 3 is 2.79 bits per heavy atom. The molecule has 3 rings (SSSR count). The van der Waals surface area contributed by atoms with Gasteiger partial charge in [-0.15, -0.1) is 0 Å². The number of hydrogen-bond acceptors (Lipinski definition) is 3. The van der Waals surface area contributed by atoms with Crippen molar-refractivity contribution in [1.29, 1.82) is 5.26 Å². The molecule has 2 aromatic rings. The molecular weight excluding hydrogens is 234 g/mol. The summed E-state index contributed by atoms with van der Waals surface area (Å²) in [5.74, 6) is 0. The van der Waals surface area contributed by atoms with Crippen molar-refractivity contribution >= 4 is 17.1 Å². The first kappa shape index (κ1) is 11.6. The van der Waals surface area contributed by atoms with Crippen molar-refractivity contribution < 1.29 is 0 Å². The topological polar surface area (TPSA) is 39.1 Å². The van der Waals surface area contributed by atoms with Gasteiger partial charge in [0.1, 0.15) is 0 Å². The predicted molar refractivity (Wildman–Crippen MR) is 77.8 cm³/mol. The summed E-state index contributed by atoms with van der Waals surface area (Å²) in [4.78, 5) is 2.28. The Hall–Kier alpha value is -2.47. The Balaban J connectivity index is 2.12. The third kappa shape index (κ3) is 2.02. The van der Waals surface area contributed by atoms with E-state index >= 15 is 0 Å². The van der Waals surface area contributed by atoms with Crippen molar-refractivity contribution in [2.75, 3.05) is 23.3 Å². The first-order valence-electron chi connectivity index (χ1n) is 6.41. The van der Waals surface area contributed by atoms with Crippen molar-refractivity contribution in [1.82, 2.24) is 0 Å². The highest BCUT2D eigenvalue weighted by Crippen LogP contribution is 2.36. The Labute approximate surface area is 113 Å². The zero-order valence-electron chi connectivity index (χ0n) is 10.9. The molecule has 0 fully saturated rings. The molecule has 94 valence electrons. The van der Waals surface area contributed by atoms with Crippen LogP contribution in [0.25, 0.3) is 0 Å². The molecule has 0 amide bonds. The lowest BCUT2D eigenvalue weighted by Crippen LogP contribution is -2.30. The van der Waals surface area contributed by atoms with Gasteiger partial charge in [0.25, 0.3) is 0 Å². The predicted octanol–water partition coefficient (Wildman–Crippen LogP) is 3.43. The van der Waals surface area contributed by atoms with Gasteiger partial charge in [0, 0.05) is 18.8 Å². The van der Waals surface area contributed by atoms with Crippen LogP contribution in [0.1, 0.15) is 11.1 Å². The monoisotopic (exact) mass is 249 g/mol. The number of hydrogen-bond donors (Lipinski definition) is 1. The summed E-state index contributed by atoms with van der Waals surface area (Å²) < 4.78 is 0. The third-order valence-corrected chi connectivity index (χ3v) is 3.47. The van der Waals surface area contributed by atoms with Crippen molar-refractivity contribution in [2.45, 2.75) is 6.92 Å². The molecule has 0 radical (unpaired) electrons. The van der Waals surface area contributed by atoms with E-state index in [1.165, 1.54) is 11.3 Å². The lowest BCUT2D eigenvalue weighted by atomic mass is 10.1. The molecule has 0 aromatic heterocycles. The number of nitrogens with zero attached hydrogens (tertiary/aromatic N) is 2. The van der Waals surface area contributed by atoms with E-state index in [2.05, 4.69) is 41.4 Å². The molecule has 3 heteroatoms. The molecular formula is C16H15N3. The lowest BCUT2D eigenvalue weighted by Gasteiger charge is -2.33. The van der Waals surface area contributed by atoms with Crippen molar-refractivity contribution in [3.63, 3.8) is 0 Å². The maximum Gasteiger partial charge on any atom is 0.0992 e. The summed E-state index contributed by atoms with van der Waals surface area (Å²) >= 11 is 0. The van der Waals surface area contributed by atoms with Gasteiger partial charge in [0.05, 0.1) is 23.0 Å². The van der Waals surface area contributed by atoms with E-state index in [9.17, 15) is 0 Å². The molecule has 0 aliphatic carbocycles. The normalized spacial score (nSPS) is 13.4. The van der Waals surface area contributed by atoms with E-state index in [0.29, 0.717) is 5.56 Å². The first-order valence-corrected chi connectivity index (χ1v) is 6.41. The Bertz CT molecular complexity index is 655. The minimum Gasteiger partial charge on any atom is -0.382 e. The molecule has 0 bridgehead atoms. The van der Waals surface area contributed by atoms with Crippen LogP contribution in [0.4, 0.5) is 17.1 Å². The van der Waals surface area contributed by atoms with Crippen LogP contribution in [0, 0.1) is 18.3 Å². The summed E-state index contributed by atoms with van der Waals surface area (Å²) in [6.07, 6.45) is 0. The highest BCUT2D eigenvalue weighted by Gasteiger charge is 2.19. The molecule has 1 aliphatic heterocycles. The molecule has 0 saturated heterocycles. The number of nitriles is 1. The number of fused-ring (bicyclic) bond motifs is 1. The van der Waals surface area contributed by atoms with Crippen molar-refractivity contribution in [3.05, 3.63) is 53.6 Å². The van der Waals surface area contributed by atoms with E-state index < -0.39 is 0 Å². The summed E-state index contributed by atoms with van der Waals surface area (Å²) in [5.41, 5.74) is 5.33. The Morgan fingerprint density at radius 2 is 2.00 bits per heavy atom. The van der Waals surface area contributed by atoms with Crippen molar-refractivity contribution in [3.8, 4) is 6.07 Å². The van der Waals surface area contributed by atoms with Gasteiger partial charge in [0.15, 0.2) is 0 Å². The van der Waals surface area contributed by atoms with Crippen LogP contribution in [0.3, 0.4) is 0 Å². The number of nitrogens with one attached hydrogen (secondary N) is 1. The van der Waals surface area contributed by atoms with E-state index in [0.717, 1.165) is 24.5 Å². The molecule has 19 heavy (non-hydrogen) atoms. The average molecular weight is 249 g/mol. The van der Waals surface area contributed by atoms with E-state index in [1.54, 1.807) is 0 Å². The van der Waals surface area contributed by atoms with Crippen LogP contribution in [0.5, 0.6) is 0 Å². The lowest BCUT2D eigenvalue weighted by molar-refractivity contribution is 0.922. The number of aryl methyl sites for hydroxylation is 1. The highest BCUT2D eigenvalue weighted by molar-refractivity contribution is 5.80. The fourth-order valence-electron chi connectivity index (χ4n) is 2.51. The van der Waals surface area contributed by atoms with E-state index in [1.807, 2.05) is 24.3 Å². The molecule has 0 spiro atoms. The summed E-state index contributed by atoms with van der Waals surface area (Å²) in [7, 11) is 0. The van der Waals surface area contributed by atoms with E-state index in [4.69, 9.17) is 5.26 Å². The second kappa shape index (κ2) is 4.66. The van der Waals surface area contributed by atoms with Gasteiger partial charge in [-0.1, -0.05) is 18.2 Å². The minimum atomic E-state index is 0.695. The number of para-hydroxylation sites is 1. The maximum absolute atomic E-state index is 9.06. The third-order valence-electron chi connectivity index (χ3n) is 3.47. The molecule has 0 unspecified atom stereocenters. The smallest absolute Gasteiger partial charge is 0.0992 e. The quantitative estimate of drug-likeness (QED) is 0.841. The molecule has 0 saturated carbocycles. The maximum atomic E-state index is 9.06. The summed E-state index contributed by atoms with van der Waals surface area (Å²) in [6.45, 7) is 3.94. The molecule has 1 aliphatic rings. The fourth-order valence-corrected chi connectivity index (χ4v) is 2.51. The average Bonchev–Trinajstić information content (AvgIpc) is 2.47. The number of rotatable bonds is 1. The van der Waals surface area contributed by atoms with Crippen LogP contribution in [-0.4, -0.2) is 13.1 Å². The van der Waals surface area contributed by atoms with Crippen molar-refractivity contribution in [2.24, 2.45) is 0 Å². The van der Waals surface area contributed by atoms with Crippen LogP contribution in [0.2, 0.25) is 0 Å². The number of anilines is 3. The highest BCUT2D eigenvalue weighted by atomic mass is 15.2. The second-order valence-electron chi connectivity index (χ2n) is 4.71. The number of benzene rings is 2. The van der Waals surface area contributed by atoms with Gasteiger partial charge in [-0.05, 0) is 36.8 Å². The van der Waals surface area contributed by atoms with Gasteiger partial charge in [0.2, 0.25) is 0 Å². The van der Waals surface area contributed by atoms with E-state index in [-0.39, 0.29) is 0 Å². The van der Waals surface area contributed by atoms with Gasteiger partial charge in [-0.3, -0.25) is 0 Å². The minimum absolute atomic E-state index is 0.695. The van der Waals surface area contributed by atoms with Crippen LogP contribution in [0.15, 0.2) is 42.5 Å². The van der Waals surface area contributed by atoms with Gasteiger partial charge < -0.3 is 10.2 Å². The van der Waals surface area contributed by atoms with Crippen LogP contribution < -0.4 is 10.2 Å².